The van der Waals surface area contributed by atoms with Gasteiger partial charge in [0.05, 0.1) is 11.1 Å². The number of aromatic carboxylic acids is 2. The van der Waals surface area contributed by atoms with E-state index in [1.54, 1.807) is 6.07 Å². The molecule has 0 aliphatic rings. The molecule has 4 nitrogen and oxygen atoms in total. The number of benzene rings is 1. The Kier molecular flexibility index (Phi) is 4.89. The monoisotopic (exact) mass is 250 g/mol. The van der Waals surface area contributed by atoms with Crippen molar-refractivity contribution < 1.29 is 19.8 Å². The van der Waals surface area contributed by atoms with Crippen molar-refractivity contribution in [2.24, 2.45) is 0 Å². The molecule has 0 saturated carbocycles. The van der Waals surface area contributed by atoms with Crippen LogP contribution in [0.1, 0.15) is 58.5 Å². The standard InChI is InChI=1S/C14H18O4/c1-3-5-6-10-9(4-2)7-8-11(13(15)16)12(10)14(17)18/h7-8H,3-6H2,1-2H3,(H,15,16)(H,17,18). The first kappa shape index (κ1) is 14.2. The molecular formula is C14H18O4. The predicted octanol–water partition coefficient (Wildman–Crippen LogP) is 2.99. The first-order valence-corrected chi connectivity index (χ1v) is 6.14. The van der Waals surface area contributed by atoms with E-state index in [1.807, 2.05) is 13.8 Å². The minimum absolute atomic E-state index is 0.0460. The van der Waals surface area contributed by atoms with Crippen molar-refractivity contribution in [3.8, 4) is 0 Å². The molecule has 18 heavy (non-hydrogen) atoms. The zero-order valence-electron chi connectivity index (χ0n) is 10.7. The van der Waals surface area contributed by atoms with Gasteiger partial charge in [-0.1, -0.05) is 26.3 Å². The van der Waals surface area contributed by atoms with Gasteiger partial charge in [-0.25, -0.2) is 9.59 Å². The molecule has 0 radical (unpaired) electrons. The van der Waals surface area contributed by atoms with Crippen LogP contribution in [0.25, 0.3) is 0 Å². The molecule has 4 heteroatoms. The van der Waals surface area contributed by atoms with Gasteiger partial charge < -0.3 is 10.2 Å². The number of rotatable bonds is 6. The van der Waals surface area contributed by atoms with Crippen LogP contribution >= 0.6 is 0 Å². The van der Waals surface area contributed by atoms with Crippen molar-refractivity contribution >= 4 is 11.9 Å². The number of carboxylic acid groups (broad SMARTS) is 2. The van der Waals surface area contributed by atoms with Gasteiger partial charge in [0, 0.05) is 0 Å². The Bertz CT molecular complexity index is 463. The molecule has 1 aromatic carbocycles. The highest BCUT2D eigenvalue weighted by Crippen LogP contribution is 2.22. The van der Waals surface area contributed by atoms with Crippen molar-refractivity contribution in [3.63, 3.8) is 0 Å². The predicted molar refractivity (Wildman–Crippen MR) is 68.4 cm³/mol. The molecule has 0 unspecified atom stereocenters. The fourth-order valence-electron chi connectivity index (χ4n) is 2.08. The largest absolute Gasteiger partial charge is 0.478 e. The molecule has 0 spiro atoms. The van der Waals surface area contributed by atoms with Gasteiger partial charge >= 0.3 is 11.9 Å². The fraction of sp³-hybridized carbons (Fsp3) is 0.429. The molecule has 0 atom stereocenters. The highest BCUT2D eigenvalue weighted by molar-refractivity contribution is 6.03. The average Bonchev–Trinajstić information content (AvgIpc) is 2.34. The molecule has 98 valence electrons. The lowest BCUT2D eigenvalue weighted by molar-refractivity contribution is 0.0650. The van der Waals surface area contributed by atoms with Crippen LogP contribution in [0, 0.1) is 0 Å². The van der Waals surface area contributed by atoms with Crippen LogP contribution < -0.4 is 0 Å². The zero-order chi connectivity index (χ0) is 13.7. The fourth-order valence-corrected chi connectivity index (χ4v) is 2.08. The summed E-state index contributed by atoms with van der Waals surface area (Å²) in [6, 6.07) is 3.11. The number of hydrogen-bond donors (Lipinski definition) is 2. The number of aryl methyl sites for hydroxylation is 1. The quantitative estimate of drug-likeness (QED) is 0.813. The molecule has 0 amide bonds. The van der Waals surface area contributed by atoms with Crippen LogP contribution in [0.15, 0.2) is 12.1 Å². The molecule has 0 saturated heterocycles. The van der Waals surface area contributed by atoms with Gasteiger partial charge in [0.15, 0.2) is 0 Å². The summed E-state index contributed by atoms with van der Waals surface area (Å²) in [6.07, 6.45) is 3.12. The van der Waals surface area contributed by atoms with E-state index in [2.05, 4.69) is 0 Å². The third-order valence-electron chi connectivity index (χ3n) is 3.02. The third kappa shape index (κ3) is 2.88. The Balaban J connectivity index is 3.43. The van der Waals surface area contributed by atoms with Crippen LogP contribution in [-0.4, -0.2) is 22.2 Å². The Morgan fingerprint density at radius 3 is 2.22 bits per heavy atom. The van der Waals surface area contributed by atoms with Gasteiger partial charge in [-0.2, -0.15) is 0 Å². The second-order valence-electron chi connectivity index (χ2n) is 4.19. The van der Waals surface area contributed by atoms with Gasteiger partial charge in [0.1, 0.15) is 0 Å². The van der Waals surface area contributed by atoms with Crippen LogP contribution in [0.3, 0.4) is 0 Å². The minimum Gasteiger partial charge on any atom is -0.478 e. The topological polar surface area (TPSA) is 74.6 Å². The van der Waals surface area contributed by atoms with Gasteiger partial charge in [-0.3, -0.25) is 0 Å². The summed E-state index contributed by atoms with van der Waals surface area (Å²) in [5, 5.41) is 18.3. The smallest absolute Gasteiger partial charge is 0.336 e. The average molecular weight is 250 g/mol. The first-order chi connectivity index (χ1) is 8.52. The van der Waals surface area contributed by atoms with E-state index < -0.39 is 11.9 Å². The Morgan fingerprint density at radius 1 is 1.11 bits per heavy atom. The number of unbranched alkanes of at least 4 members (excludes halogenated alkanes) is 1. The molecule has 0 aromatic heterocycles. The molecular weight excluding hydrogens is 232 g/mol. The Morgan fingerprint density at radius 2 is 1.78 bits per heavy atom. The van der Waals surface area contributed by atoms with E-state index in [9.17, 15) is 14.7 Å². The number of hydrogen-bond acceptors (Lipinski definition) is 2. The van der Waals surface area contributed by atoms with Gasteiger partial charge in [-0.05, 0) is 36.5 Å². The number of carboxylic acids is 2. The lowest BCUT2D eigenvalue weighted by Gasteiger charge is -2.13. The lowest BCUT2D eigenvalue weighted by atomic mass is 9.91. The normalized spacial score (nSPS) is 10.3. The summed E-state index contributed by atoms with van der Waals surface area (Å²) in [4.78, 5) is 22.4. The van der Waals surface area contributed by atoms with Gasteiger partial charge in [-0.15, -0.1) is 0 Å². The molecule has 0 bridgehead atoms. The van der Waals surface area contributed by atoms with E-state index in [1.165, 1.54) is 6.07 Å². The van der Waals surface area contributed by atoms with Crippen molar-refractivity contribution in [1.29, 1.82) is 0 Å². The van der Waals surface area contributed by atoms with Crippen molar-refractivity contribution in [2.75, 3.05) is 0 Å². The SMILES string of the molecule is CCCCc1c(CC)ccc(C(=O)O)c1C(=O)O. The minimum atomic E-state index is -1.19. The van der Waals surface area contributed by atoms with E-state index in [0.717, 1.165) is 18.4 Å². The van der Waals surface area contributed by atoms with Crippen molar-refractivity contribution in [3.05, 3.63) is 34.4 Å². The first-order valence-electron chi connectivity index (χ1n) is 6.14. The van der Waals surface area contributed by atoms with Crippen LogP contribution in [-0.2, 0) is 12.8 Å². The molecule has 1 aromatic rings. The second kappa shape index (κ2) is 6.19. The Hall–Kier alpha value is -1.84. The van der Waals surface area contributed by atoms with E-state index in [4.69, 9.17) is 5.11 Å². The highest BCUT2D eigenvalue weighted by atomic mass is 16.4. The summed E-state index contributed by atoms with van der Waals surface area (Å²) in [6.45, 7) is 3.96. The molecule has 0 aliphatic carbocycles. The Labute approximate surface area is 106 Å². The van der Waals surface area contributed by atoms with Crippen molar-refractivity contribution in [2.45, 2.75) is 39.5 Å². The summed E-state index contributed by atoms with van der Waals surface area (Å²) >= 11 is 0. The zero-order valence-corrected chi connectivity index (χ0v) is 10.7. The highest BCUT2D eigenvalue weighted by Gasteiger charge is 2.21. The summed E-state index contributed by atoms with van der Waals surface area (Å²) < 4.78 is 0. The maximum Gasteiger partial charge on any atom is 0.336 e. The van der Waals surface area contributed by atoms with E-state index in [-0.39, 0.29) is 11.1 Å². The molecule has 2 N–H and O–H groups in total. The molecule has 0 fully saturated rings. The molecule has 0 aliphatic heterocycles. The molecule has 0 heterocycles. The molecule has 1 rings (SSSR count). The third-order valence-corrected chi connectivity index (χ3v) is 3.02. The number of carbonyl (C=O) groups is 2. The van der Waals surface area contributed by atoms with Crippen molar-refractivity contribution in [1.82, 2.24) is 0 Å². The lowest BCUT2D eigenvalue weighted by Crippen LogP contribution is -2.13. The maximum absolute atomic E-state index is 11.3. The van der Waals surface area contributed by atoms with Crippen LogP contribution in [0.5, 0.6) is 0 Å². The van der Waals surface area contributed by atoms with Crippen LogP contribution in [0.2, 0.25) is 0 Å². The second-order valence-corrected chi connectivity index (χ2v) is 4.19. The van der Waals surface area contributed by atoms with E-state index >= 15 is 0 Å². The van der Waals surface area contributed by atoms with Gasteiger partial charge in [0.25, 0.3) is 0 Å². The van der Waals surface area contributed by atoms with Crippen LogP contribution in [0.4, 0.5) is 0 Å². The van der Waals surface area contributed by atoms with Gasteiger partial charge in [0.2, 0.25) is 0 Å². The maximum atomic E-state index is 11.3. The summed E-state index contributed by atoms with van der Waals surface area (Å²) in [5.41, 5.74) is 1.43. The summed E-state index contributed by atoms with van der Waals surface area (Å²) in [7, 11) is 0. The van der Waals surface area contributed by atoms with E-state index in [0.29, 0.717) is 18.4 Å². The summed E-state index contributed by atoms with van der Waals surface area (Å²) in [5.74, 6) is -2.35.